The molecule has 0 aliphatic heterocycles. The number of hydrogen-bond donors (Lipinski definition) is 3. The van der Waals surface area contributed by atoms with Gasteiger partial charge in [0.1, 0.15) is 6.04 Å². The van der Waals surface area contributed by atoms with E-state index in [0.29, 0.717) is 6.42 Å². The molecule has 0 bridgehead atoms. The molecule has 1 aromatic rings. The summed E-state index contributed by atoms with van der Waals surface area (Å²) in [7, 11) is 0. The van der Waals surface area contributed by atoms with E-state index in [2.05, 4.69) is 12.2 Å². The molecule has 0 saturated heterocycles. The van der Waals surface area contributed by atoms with Gasteiger partial charge in [-0.05, 0) is 24.0 Å². The third-order valence-electron chi connectivity index (χ3n) is 3.12. The van der Waals surface area contributed by atoms with Crippen molar-refractivity contribution in [1.82, 2.24) is 5.32 Å². The van der Waals surface area contributed by atoms with Gasteiger partial charge in [-0.15, -0.1) is 0 Å². The Morgan fingerprint density at radius 3 is 2.30 bits per heavy atom. The van der Waals surface area contributed by atoms with E-state index in [9.17, 15) is 9.59 Å². The lowest BCUT2D eigenvalue weighted by atomic mass is 10.1. The summed E-state index contributed by atoms with van der Waals surface area (Å²) in [6.07, 6.45) is 1.80. The molecule has 0 aliphatic carbocycles. The van der Waals surface area contributed by atoms with Crippen LogP contribution in [0, 0.1) is 0 Å². The van der Waals surface area contributed by atoms with Gasteiger partial charge < -0.3 is 15.5 Å². The van der Waals surface area contributed by atoms with Crippen LogP contribution in [0.4, 0.5) is 0 Å². The van der Waals surface area contributed by atoms with Crippen LogP contribution in [0.25, 0.3) is 0 Å². The Hall–Kier alpha value is -1.88. The molecule has 0 saturated carbocycles. The molecule has 1 rings (SSSR count). The number of hydrogen-bond acceptors (Lipinski definition) is 3. The minimum absolute atomic E-state index is 0.0201. The highest BCUT2D eigenvalue weighted by atomic mass is 16.4. The number of rotatable bonds is 8. The first-order chi connectivity index (χ1) is 9.56. The fourth-order valence-electron chi connectivity index (χ4n) is 1.85. The van der Waals surface area contributed by atoms with Gasteiger partial charge in [0.25, 0.3) is 0 Å². The number of aryl methyl sites for hydroxylation is 2. The topological polar surface area (TPSA) is 86.6 Å². The normalized spacial score (nSPS) is 11.9. The Balaban J connectivity index is 2.43. The zero-order chi connectivity index (χ0) is 15.0. The molecule has 20 heavy (non-hydrogen) atoms. The second-order valence-corrected chi connectivity index (χ2v) is 4.64. The lowest BCUT2D eigenvalue weighted by molar-refractivity contribution is -0.142. The number of carbonyl (C=O) groups is 2. The van der Waals surface area contributed by atoms with Crippen molar-refractivity contribution in [3.05, 3.63) is 35.4 Å². The second kappa shape index (κ2) is 8.32. The maximum absolute atomic E-state index is 11.7. The summed E-state index contributed by atoms with van der Waals surface area (Å²) in [6, 6.07) is 7.00. The molecule has 0 aliphatic rings. The van der Waals surface area contributed by atoms with E-state index in [4.69, 9.17) is 10.2 Å². The first-order valence-electron chi connectivity index (χ1n) is 6.77. The van der Waals surface area contributed by atoms with E-state index >= 15 is 0 Å². The summed E-state index contributed by atoms with van der Waals surface area (Å²) in [6.45, 7) is 1.81. The van der Waals surface area contributed by atoms with Gasteiger partial charge in [0.05, 0.1) is 0 Å². The fourth-order valence-corrected chi connectivity index (χ4v) is 1.85. The first kappa shape index (κ1) is 16.2. The second-order valence-electron chi connectivity index (χ2n) is 4.64. The molecule has 1 aromatic carbocycles. The van der Waals surface area contributed by atoms with Crippen LogP contribution < -0.4 is 5.32 Å². The van der Waals surface area contributed by atoms with Crippen LogP contribution in [0.1, 0.15) is 30.9 Å². The molecule has 5 nitrogen and oxygen atoms in total. The molecular weight excluding hydrogens is 258 g/mol. The van der Waals surface area contributed by atoms with Crippen molar-refractivity contribution >= 4 is 11.9 Å². The van der Waals surface area contributed by atoms with Crippen LogP contribution in [0.15, 0.2) is 24.3 Å². The van der Waals surface area contributed by atoms with Crippen LogP contribution in [0.5, 0.6) is 0 Å². The third-order valence-corrected chi connectivity index (χ3v) is 3.12. The van der Waals surface area contributed by atoms with Gasteiger partial charge in [-0.1, -0.05) is 31.2 Å². The molecule has 0 spiro atoms. The molecule has 0 aromatic heterocycles. The van der Waals surface area contributed by atoms with Crippen LogP contribution >= 0.6 is 0 Å². The van der Waals surface area contributed by atoms with Crippen LogP contribution in [-0.2, 0) is 22.4 Å². The van der Waals surface area contributed by atoms with E-state index in [1.807, 2.05) is 24.3 Å². The number of carbonyl (C=O) groups excluding carboxylic acids is 1. The van der Waals surface area contributed by atoms with Crippen LogP contribution in [0.3, 0.4) is 0 Å². The van der Waals surface area contributed by atoms with Crippen molar-refractivity contribution in [2.45, 2.75) is 38.6 Å². The molecule has 0 radical (unpaired) electrons. The third kappa shape index (κ3) is 5.40. The lowest BCUT2D eigenvalue weighted by Crippen LogP contribution is -2.41. The number of carboxylic acids is 1. The van der Waals surface area contributed by atoms with E-state index in [0.717, 1.165) is 12.0 Å². The van der Waals surface area contributed by atoms with Gasteiger partial charge in [-0.2, -0.15) is 0 Å². The van der Waals surface area contributed by atoms with E-state index in [1.54, 1.807) is 0 Å². The molecule has 5 heteroatoms. The molecule has 0 fully saturated rings. The van der Waals surface area contributed by atoms with Gasteiger partial charge in [0.2, 0.25) is 5.91 Å². The number of amides is 1. The van der Waals surface area contributed by atoms with Crippen LogP contribution in [0.2, 0.25) is 0 Å². The average Bonchev–Trinajstić information content (AvgIpc) is 2.45. The molecule has 110 valence electrons. The fraction of sp³-hybridized carbons (Fsp3) is 0.467. The largest absolute Gasteiger partial charge is 0.480 e. The number of aliphatic hydroxyl groups excluding tert-OH is 1. The summed E-state index contributed by atoms with van der Waals surface area (Å²) in [5, 5.41) is 20.0. The van der Waals surface area contributed by atoms with Crippen molar-refractivity contribution in [3.63, 3.8) is 0 Å². The zero-order valence-electron chi connectivity index (χ0n) is 11.6. The summed E-state index contributed by atoms with van der Waals surface area (Å²) >= 11 is 0. The Bertz CT molecular complexity index is 442. The van der Waals surface area contributed by atoms with Crippen molar-refractivity contribution < 1.29 is 19.8 Å². The molecule has 0 heterocycles. The number of aliphatic hydroxyl groups is 1. The number of aliphatic carboxylic acids is 1. The quantitative estimate of drug-likeness (QED) is 0.666. The Kier molecular flexibility index (Phi) is 6.73. The van der Waals surface area contributed by atoms with Gasteiger partial charge in [-0.3, -0.25) is 4.79 Å². The number of benzene rings is 1. The van der Waals surface area contributed by atoms with E-state index in [1.165, 1.54) is 5.56 Å². The zero-order valence-corrected chi connectivity index (χ0v) is 11.6. The van der Waals surface area contributed by atoms with E-state index < -0.39 is 12.0 Å². The van der Waals surface area contributed by atoms with E-state index in [-0.39, 0.29) is 25.4 Å². The lowest BCUT2D eigenvalue weighted by Gasteiger charge is -2.13. The Labute approximate surface area is 118 Å². The molecular formula is C15H21NO4. The van der Waals surface area contributed by atoms with Gasteiger partial charge in [0, 0.05) is 19.4 Å². The summed E-state index contributed by atoms with van der Waals surface area (Å²) in [5.41, 5.74) is 2.29. The monoisotopic (exact) mass is 279 g/mol. The highest BCUT2D eigenvalue weighted by Crippen LogP contribution is 2.07. The maximum atomic E-state index is 11.7. The van der Waals surface area contributed by atoms with Crippen molar-refractivity contribution in [3.8, 4) is 0 Å². The number of nitrogens with one attached hydrogen (secondary N) is 1. The molecule has 3 N–H and O–H groups in total. The highest BCUT2D eigenvalue weighted by Gasteiger charge is 2.18. The van der Waals surface area contributed by atoms with Crippen molar-refractivity contribution in [1.29, 1.82) is 0 Å². The average molecular weight is 279 g/mol. The summed E-state index contributed by atoms with van der Waals surface area (Å²) < 4.78 is 0. The minimum atomic E-state index is -1.13. The van der Waals surface area contributed by atoms with Gasteiger partial charge in [-0.25, -0.2) is 4.79 Å². The molecule has 1 amide bonds. The summed E-state index contributed by atoms with van der Waals surface area (Å²) in [5.74, 6) is -1.44. The Morgan fingerprint density at radius 2 is 1.80 bits per heavy atom. The number of carboxylic acid groups (broad SMARTS) is 1. The Morgan fingerprint density at radius 1 is 1.20 bits per heavy atom. The SMILES string of the molecule is CCc1ccc(CCC(=O)NC(CCO)C(=O)O)cc1. The van der Waals surface area contributed by atoms with Gasteiger partial charge in [0.15, 0.2) is 0 Å². The standard InChI is InChI=1S/C15H21NO4/c1-2-11-3-5-12(6-4-11)7-8-14(18)16-13(9-10-17)15(19)20/h3-6,13,17H,2,7-10H2,1H3,(H,16,18)(H,19,20). The van der Waals surface area contributed by atoms with Crippen molar-refractivity contribution in [2.24, 2.45) is 0 Å². The van der Waals surface area contributed by atoms with Crippen molar-refractivity contribution in [2.75, 3.05) is 6.61 Å². The minimum Gasteiger partial charge on any atom is -0.480 e. The predicted molar refractivity (Wildman–Crippen MR) is 75.4 cm³/mol. The molecule has 1 atom stereocenters. The molecule has 1 unspecified atom stereocenters. The van der Waals surface area contributed by atoms with Crippen LogP contribution in [-0.4, -0.2) is 34.7 Å². The summed E-state index contributed by atoms with van der Waals surface area (Å²) in [4.78, 5) is 22.5. The predicted octanol–water partition coefficient (Wildman–Crippen LogP) is 1.13. The smallest absolute Gasteiger partial charge is 0.326 e. The van der Waals surface area contributed by atoms with Gasteiger partial charge >= 0.3 is 5.97 Å². The maximum Gasteiger partial charge on any atom is 0.326 e. The first-order valence-corrected chi connectivity index (χ1v) is 6.77. The highest BCUT2D eigenvalue weighted by molar-refractivity contribution is 5.83.